The van der Waals surface area contributed by atoms with Gasteiger partial charge in [0.15, 0.2) is 0 Å². The van der Waals surface area contributed by atoms with Crippen LogP contribution in [-0.2, 0) is 20.5 Å². The van der Waals surface area contributed by atoms with Gasteiger partial charge in [-0.25, -0.2) is 4.39 Å². The summed E-state index contributed by atoms with van der Waals surface area (Å²) in [5, 5.41) is 9.53. The number of rotatable bonds is 8. The van der Waals surface area contributed by atoms with Crippen molar-refractivity contribution in [3.63, 3.8) is 0 Å². The number of amides is 1. The van der Waals surface area contributed by atoms with E-state index < -0.39 is 41.1 Å². The molecule has 52 heavy (non-hydrogen) atoms. The maximum atomic E-state index is 17.9. The second kappa shape index (κ2) is 14.5. The molecule has 0 unspecified atom stereocenters. The van der Waals surface area contributed by atoms with E-state index in [0.717, 1.165) is 56.8 Å². The number of halogens is 4. The molecular weight excluding hydrogens is 678 g/mol. The number of alkyl halides is 4. The van der Waals surface area contributed by atoms with Gasteiger partial charge in [-0.05, 0) is 92.7 Å². The quantitative estimate of drug-likeness (QED) is 0.287. The molecule has 1 spiro atoms. The van der Waals surface area contributed by atoms with Crippen LogP contribution in [0.1, 0.15) is 93.2 Å². The van der Waals surface area contributed by atoms with E-state index in [4.69, 9.17) is 9.47 Å². The van der Waals surface area contributed by atoms with Crippen molar-refractivity contribution in [3.05, 3.63) is 59.2 Å². The Morgan fingerprint density at radius 1 is 0.981 bits per heavy atom. The minimum Gasteiger partial charge on any atom is -0.497 e. The summed E-state index contributed by atoms with van der Waals surface area (Å²) < 4.78 is 71.4. The molecule has 7 rings (SSSR count). The fourth-order valence-electron chi connectivity index (χ4n) is 9.93. The molecule has 12 heteroatoms. The molecule has 4 saturated heterocycles. The number of carboxylic acid groups (broad SMARTS) is 1. The van der Waals surface area contributed by atoms with Gasteiger partial charge in [-0.3, -0.25) is 14.5 Å². The Bertz CT molecular complexity index is 1600. The Kier molecular flexibility index (Phi) is 10.3. The maximum absolute atomic E-state index is 17.9. The van der Waals surface area contributed by atoms with Crippen LogP contribution in [0.25, 0.3) is 0 Å². The fourth-order valence-corrected chi connectivity index (χ4v) is 9.93. The summed E-state index contributed by atoms with van der Waals surface area (Å²) in [5.74, 6) is -2.42. The van der Waals surface area contributed by atoms with Gasteiger partial charge < -0.3 is 24.4 Å². The first-order chi connectivity index (χ1) is 24.8. The van der Waals surface area contributed by atoms with Crippen molar-refractivity contribution in [2.45, 2.75) is 100 Å². The van der Waals surface area contributed by atoms with Crippen LogP contribution in [0.2, 0.25) is 0 Å². The summed E-state index contributed by atoms with van der Waals surface area (Å²) in [6, 6.07) is 11.2. The largest absolute Gasteiger partial charge is 0.497 e. The van der Waals surface area contributed by atoms with Gasteiger partial charge in [0.1, 0.15) is 5.75 Å². The zero-order chi connectivity index (χ0) is 36.8. The van der Waals surface area contributed by atoms with Crippen LogP contribution < -0.4 is 9.64 Å². The molecule has 1 aliphatic carbocycles. The number of ether oxygens (including phenoxy) is 2. The van der Waals surface area contributed by atoms with Gasteiger partial charge in [0.25, 0.3) is 5.91 Å². The number of nitrogens with zero attached hydrogens (tertiary/aromatic N) is 3. The molecule has 0 aromatic heterocycles. The van der Waals surface area contributed by atoms with E-state index in [9.17, 15) is 27.9 Å². The average molecular weight is 730 g/mol. The predicted molar refractivity (Wildman–Crippen MR) is 188 cm³/mol. The lowest BCUT2D eigenvalue weighted by atomic mass is 9.80. The van der Waals surface area contributed by atoms with E-state index >= 15 is 4.39 Å². The van der Waals surface area contributed by atoms with Crippen LogP contribution in [0.15, 0.2) is 42.5 Å². The number of likely N-dealkylation sites (tertiary alicyclic amines) is 2. The highest BCUT2D eigenvalue weighted by Gasteiger charge is 2.58. The topological polar surface area (TPSA) is 82.6 Å². The molecule has 284 valence electrons. The van der Waals surface area contributed by atoms with Crippen molar-refractivity contribution >= 4 is 17.6 Å². The first kappa shape index (κ1) is 37.0. The van der Waals surface area contributed by atoms with Crippen LogP contribution in [0.3, 0.4) is 0 Å². The molecule has 2 aromatic carbocycles. The van der Waals surface area contributed by atoms with Crippen molar-refractivity contribution < 1.29 is 41.7 Å². The third kappa shape index (κ3) is 7.01. The molecule has 1 saturated carbocycles. The highest BCUT2D eigenvalue weighted by Crippen LogP contribution is 2.49. The number of benzene rings is 2. The third-order valence-electron chi connectivity index (χ3n) is 13.0. The highest BCUT2D eigenvalue weighted by molar-refractivity contribution is 5.88. The molecule has 8 nitrogen and oxygen atoms in total. The monoisotopic (exact) mass is 729 g/mol. The van der Waals surface area contributed by atoms with Gasteiger partial charge in [0.2, 0.25) is 5.67 Å². The second-order valence-electron chi connectivity index (χ2n) is 15.8. The van der Waals surface area contributed by atoms with Crippen LogP contribution in [0.5, 0.6) is 5.75 Å². The van der Waals surface area contributed by atoms with E-state index in [1.807, 2.05) is 24.0 Å². The number of carbonyl (C=O) groups excluding carboxylic acids is 1. The van der Waals surface area contributed by atoms with Gasteiger partial charge in [0, 0.05) is 69.4 Å². The molecular formula is C40H51F4N3O5. The molecule has 5 aliphatic rings. The molecule has 5 fully saturated rings. The Balaban J connectivity index is 1.16. The van der Waals surface area contributed by atoms with Crippen LogP contribution >= 0.6 is 0 Å². The van der Waals surface area contributed by atoms with Crippen LogP contribution in [0.4, 0.5) is 23.2 Å². The zero-order valence-electron chi connectivity index (χ0n) is 30.2. The Labute approximate surface area is 303 Å². The first-order valence-corrected chi connectivity index (χ1v) is 19.0. The van der Waals surface area contributed by atoms with E-state index in [1.165, 1.54) is 12.1 Å². The van der Waals surface area contributed by atoms with E-state index in [0.29, 0.717) is 62.4 Å². The first-order valence-electron chi connectivity index (χ1n) is 19.0. The number of hydrogen-bond donors (Lipinski definition) is 1. The standard InChI is InChI=1S/C40H51F4N3O5/c1-3-26-22-46(23-33(26)32-10-7-29(40(42,43)44)21-35(32)45-18-13-28(14-19-45)36(48)49)37(50)39(41)25-47(24-34(39)27-5-8-31(51-2)9-6-27)30-11-16-38(17-12-30)15-4-20-52-38/h5-10,21,26,28,30,33-34H,3-4,11-20,22-25H2,1-2H3,(H,48,49)/t26-,30-,33-,34-,38-,39-/m0/s1. The lowest BCUT2D eigenvalue weighted by Crippen LogP contribution is -2.51. The smallest absolute Gasteiger partial charge is 0.416 e. The van der Waals surface area contributed by atoms with Crippen LogP contribution in [0, 0.1) is 11.8 Å². The molecule has 1 amide bonds. The lowest BCUT2D eigenvalue weighted by Gasteiger charge is -2.40. The summed E-state index contributed by atoms with van der Waals surface area (Å²) in [6.45, 7) is 4.35. The van der Waals surface area contributed by atoms with Gasteiger partial charge in [-0.15, -0.1) is 0 Å². The molecule has 4 atom stereocenters. The Hall–Kier alpha value is -3.38. The van der Waals surface area contributed by atoms with Crippen molar-refractivity contribution in [2.75, 3.05) is 57.9 Å². The second-order valence-corrected chi connectivity index (χ2v) is 15.8. The number of hydrogen-bond acceptors (Lipinski definition) is 6. The molecule has 0 bridgehead atoms. The number of methoxy groups -OCH3 is 1. The van der Waals surface area contributed by atoms with Gasteiger partial charge in [-0.1, -0.05) is 31.5 Å². The minimum atomic E-state index is -4.55. The van der Waals surface area contributed by atoms with Crippen molar-refractivity contribution in [3.8, 4) is 5.75 Å². The van der Waals surface area contributed by atoms with Gasteiger partial charge >= 0.3 is 12.1 Å². The number of aliphatic carboxylic acids is 1. The van der Waals surface area contributed by atoms with Gasteiger partial charge in [0.05, 0.1) is 24.2 Å². The van der Waals surface area contributed by atoms with Crippen molar-refractivity contribution in [1.82, 2.24) is 9.80 Å². The molecule has 2 aromatic rings. The number of anilines is 1. The molecule has 4 aliphatic heterocycles. The molecule has 4 heterocycles. The van der Waals surface area contributed by atoms with Crippen molar-refractivity contribution in [1.29, 1.82) is 0 Å². The van der Waals surface area contributed by atoms with Crippen molar-refractivity contribution in [2.24, 2.45) is 11.8 Å². The predicted octanol–water partition coefficient (Wildman–Crippen LogP) is 7.27. The summed E-state index contributed by atoms with van der Waals surface area (Å²) in [6.07, 6.45) is 2.57. The summed E-state index contributed by atoms with van der Waals surface area (Å²) in [5.41, 5.74) is -1.16. The molecule has 0 radical (unpaired) electrons. The SMILES string of the molecule is CC[C@H]1CN(C(=O)[C@]2(F)CN([C@H]3CC[C@@]4(CCCO4)CC3)C[C@H]2c2ccc(OC)cc2)C[C@@H]1c1ccc(C(F)(F)F)cc1N1CCC(C(=O)O)CC1. The minimum absolute atomic E-state index is 0.0109. The lowest BCUT2D eigenvalue weighted by molar-refractivity contribution is -0.143. The van der Waals surface area contributed by atoms with Crippen LogP contribution in [-0.4, -0.2) is 97.1 Å². The fraction of sp³-hybridized carbons (Fsp3) is 0.650. The summed E-state index contributed by atoms with van der Waals surface area (Å²) >= 11 is 0. The Morgan fingerprint density at radius 3 is 2.29 bits per heavy atom. The van der Waals surface area contributed by atoms with E-state index in [-0.39, 0.29) is 36.6 Å². The average Bonchev–Trinajstić information content (AvgIpc) is 3.89. The highest BCUT2D eigenvalue weighted by atomic mass is 19.4. The number of carboxylic acids is 1. The maximum Gasteiger partial charge on any atom is 0.416 e. The van der Waals surface area contributed by atoms with E-state index in [2.05, 4.69) is 4.90 Å². The number of carbonyl (C=O) groups is 2. The summed E-state index contributed by atoms with van der Waals surface area (Å²) in [4.78, 5) is 32.0. The molecule has 1 N–H and O–H groups in total. The zero-order valence-corrected chi connectivity index (χ0v) is 30.2. The van der Waals surface area contributed by atoms with E-state index in [1.54, 1.807) is 24.1 Å². The summed E-state index contributed by atoms with van der Waals surface area (Å²) in [7, 11) is 1.58. The number of piperidine rings is 1. The third-order valence-corrected chi connectivity index (χ3v) is 13.0. The Morgan fingerprint density at radius 2 is 1.69 bits per heavy atom. The normalized spacial score (nSPS) is 31.8. The van der Waals surface area contributed by atoms with Gasteiger partial charge in [-0.2, -0.15) is 13.2 Å².